The highest BCUT2D eigenvalue weighted by Gasteiger charge is 2.04. The number of H-pyrrole nitrogens is 1. The van der Waals surface area contributed by atoms with E-state index in [1.54, 1.807) is 0 Å². The van der Waals surface area contributed by atoms with E-state index in [-0.39, 0.29) is 0 Å². The maximum absolute atomic E-state index is 5.61. The molecule has 1 aromatic heterocycles. The van der Waals surface area contributed by atoms with Crippen LogP contribution in [-0.2, 0) is 13.0 Å². The number of hydrogen-bond donors (Lipinski definition) is 2. The maximum Gasteiger partial charge on any atom is 0.0923 e. The summed E-state index contributed by atoms with van der Waals surface area (Å²) < 4.78 is 0. The third-order valence-corrected chi connectivity index (χ3v) is 3.67. The smallest absolute Gasteiger partial charge is 0.0923 e. The molecule has 0 saturated carbocycles. The summed E-state index contributed by atoms with van der Waals surface area (Å²) in [6.07, 6.45) is 7.64. The number of rotatable bonds is 8. The summed E-state index contributed by atoms with van der Waals surface area (Å²) in [7, 11) is 0. The van der Waals surface area contributed by atoms with Gasteiger partial charge in [0.05, 0.1) is 5.69 Å². The van der Waals surface area contributed by atoms with E-state index in [4.69, 9.17) is 5.73 Å². The predicted octanol–water partition coefficient (Wildman–Crippen LogP) is 4.05. The van der Waals surface area contributed by atoms with E-state index in [0.717, 1.165) is 23.2 Å². The lowest BCUT2D eigenvalue weighted by molar-refractivity contribution is 0.627. The first-order chi connectivity index (χ1) is 9.83. The number of aromatic nitrogens is 2. The zero-order valence-electron chi connectivity index (χ0n) is 12.4. The molecule has 20 heavy (non-hydrogen) atoms. The summed E-state index contributed by atoms with van der Waals surface area (Å²) in [5.74, 6) is 0. The molecule has 0 spiro atoms. The topological polar surface area (TPSA) is 54.7 Å². The lowest BCUT2D eigenvalue weighted by Gasteiger charge is -1.99. The average Bonchev–Trinajstić information content (AvgIpc) is 2.96. The van der Waals surface area contributed by atoms with Crippen LogP contribution in [0.15, 0.2) is 30.3 Å². The zero-order chi connectivity index (χ0) is 14.2. The molecule has 0 unspecified atom stereocenters. The van der Waals surface area contributed by atoms with Crippen molar-refractivity contribution in [3.05, 3.63) is 41.6 Å². The third kappa shape index (κ3) is 4.20. The van der Waals surface area contributed by atoms with Crippen LogP contribution in [-0.4, -0.2) is 10.2 Å². The molecule has 0 amide bonds. The minimum atomic E-state index is 0.587. The Labute approximate surface area is 121 Å². The van der Waals surface area contributed by atoms with Gasteiger partial charge >= 0.3 is 0 Å². The van der Waals surface area contributed by atoms with Crippen molar-refractivity contribution in [3.63, 3.8) is 0 Å². The Bertz CT molecular complexity index is 499. The normalized spacial score (nSPS) is 10.9. The van der Waals surface area contributed by atoms with Gasteiger partial charge in [-0.3, -0.25) is 5.10 Å². The molecule has 2 rings (SSSR count). The third-order valence-electron chi connectivity index (χ3n) is 3.67. The van der Waals surface area contributed by atoms with Gasteiger partial charge in [0.2, 0.25) is 0 Å². The fraction of sp³-hybridized carbons (Fsp3) is 0.471. The van der Waals surface area contributed by atoms with Crippen molar-refractivity contribution >= 4 is 0 Å². The molecule has 3 heteroatoms. The van der Waals surface area contributed by atoms with Crippen LogP contribution in [0.5, 0.6) is 0 Å². The van der Waals surface area contributed by atoms with E-state index in [2.05, 4.69) is 47.5 Å². The van der Waals surface area contributed by atoms with Gasteiger partial charge in [-0.2, -0.15) is 5.10 Å². The first kappa shape index (κ1) is 14.8. The quantitative estimate of drug-likeness (QED) is 0.712. The van der Waals surface area contributed by atoms with Crippen molar-refractivity contribution in [2.24, 2.45) is 5.73 Å². The highest BCUT2D eigenvalue weighted by molar-refractivity contribution is 5.59. The largest absolute Gasteiger partial charge is 0.326 e. The van der Waals surface area contributed by atoms with E-state index in [0.29, 0.717) is 6.54 Å². The van der Waals surface area contributed by atoms with Crippen LogP contribution in [0.1, 0.15) is 50.3 Å². The molecule has 0 atom stereocenters. The molecular weight excluding hydrogens is 246 g/mol. The second kappa shape index (κ2) is 7.85. The van der Waals surface area contributed by atoms with Crippen molar-refractivity contribution in [3.8, 4) is 11.3 Å². The van der Waals surface area contributed by atoms with E-state index in [1.807, 2.05) is 0 Å². The van der Waals surface area contributed by atoms with Crippen molar-refractivity contribution in [1.29, 1.82) is 0 Å². The molecule has 1 aromatic carbocycles. The Balaban J connectivity index is 1.87. The number of aryl methyl sites for hydroxylation is 1. The minimum absolute atomic E-state index is 0.587. The summed E-state index contributed by atoms with van der Waals surface area (Å²) in [6, 6.07) is 10.5. The molecule has 108 valence electrons. The first-order valence-corrected chi connectivity index (χ1v) is 7.67. The Morgan fingerprint density at radius 2 is 1.80 bits per heavy atom. The number of nitrogens with zero attached hydrogens (tertiary/aromatic N) is 1. The Hall–Kier alpha value is -1.61. The van der Waals surface area contributed by atoms with E-state index in [9.17, 15) is 0 Å². The molecule has 2 aromatic rings. The Morgan fingerprint density at radius 3 is 2.50 bits per heavy atom. The number of nitrogens with two attached hydrogens (primary N) is 1. The SMILES string of the molecule is CCCCCCCc1cc(-c2ccc(CN)cc2)n[nH]1. The molecule has 0 bridgehead atoms. The lowest BCUT2D eigenvalue weighted by atomic mass is 10.1. The van der Waals surface area contributed by atoms with Crippen LogP contribution >= 0.6 is 0 Å². The van der Waals surface area contributed by atoms with Crippen LogP contribution < -0.4 is 5.73 Å². The zero-order valence-corrected chi connectivity index (χ0v) is 12.4. The van der Waals surface area contributed by atoms with Gasteiger partial charge in [0.15, 0.2) is 0 Å². The van der Waals surface area contributed by atoms with Gasteiger partial charge in [-0.25, -0.2) is 0 Å². The van der Waals surface area contributed by atoms with Crippen molar-refractivity contribution < 1.29 is 0 Å². The molecule has 3 N–H and O–H groups in total. The number of nitrogens with one attached hydrogen (secondary N) is 1. The van der Waals surface area contributed by atoms with Crippen LogP contribution in [0.25, 0.3) is 11.3 Å². The summed E-state index contributed by atoms with van der Waals surface area (Å²) in [4.78, 5) is 0. The number of hydrogen-bond acceptors (Lipinski definition) is 2. The molecule has 0 saturated heterocycles. The summed E-state index contributed by atoms with van der Waals surface area (Å²) >= 11 is 0. The van der Waals surface area contributed by atoms with Crippen molar-refractivity contribution in [2.75, 3.05) is 0 Å². The molecule has 0 aliphatic rings. The average molecular weight is 271 g/mol. The van der Waals surface area contributed by atoms with Gasteiger partial charge in [0.1, 0.15) is 0 Å². The lowest BCUT2D eigenvalue weighted by Crippen LogP contribution is -1.95. The fourth-order valence-electron chi connectivity index (χ4n) is 2.37. The summed E-state index contributed by atoms with van der Waals surface area (Å²) in [5, 5.41) is 7.55. The van der Waals surface area contributed by atoms with Crippen LogP contribution in [0, 0.1) is 0 Å². The monoisotopic (exact) mass is 271 g/mol. The molecular formula is C17H25N3. The van der Waals surface area contributed by atoms with Gasteiger partial charge in [-0.1, -0.05) is 56.9 Å². The number of unbranched alkanes of at least 4 members (excludes halogenated alkanes) is 4. The van der Waals surface area contributed by atoms with Gasteiger partial charge in [-0.15, -0.1) is 0 Å². The summed E-state index contributed by atoms with van der Waals surface area (Å²) in [6.45, 7) is 2.83. The molecule has 1 heterocycles. The van der Waals surface area contributed by atoms with E-state index >= 15 is 0 Å². The highest BCUT2D eigenvalue weighted by atomic mass is 15.1. The second-order valence-electron chi connectivity index (χ2n) is 5.34. The molecule has 0 fully saturated rings. The van der Waals surface area contributed by atoms with Gasteiger partial charge in [0, 0.05) is 17.8 Å². The Kier molecular flexibility index (Phi) is 5.81. The number of aromatic amines is 1. The van der Waals surface area contributed by atoms with Crippen LogP contribution in [0.2, 0.25) is 0 Å². The maximum atomic E-state index is 5.61. The second-order valence-corrected chi connectivity index (χ2v) is 5.34. The molecule has 3 nitrogen and oxygen atoms in total. The number of benzene rings is 1. The van der Waals surface area contributed by atoms with E-state index < -0.39 is 0 Å². The van der Waals surface area contributed by atoms with Crippen molar-refractivity contribution in [1.82, 2.24) is 10.2 Å². The first-order valence-electron chi connectivity index (χ1n) is 7.67. The van der Waals surface area contributed by atoms with Crippen LogP contribution in [0.3, 0.4) is 0 Å². The van der Waals surface area contributed by atoms with Crippen LogP contribution in [0.4, 0.5) is 0 Å². The minimum Gasteiger partial charge on any atom is -0.326 e. The fourth-order valence-corrected chi connectivity index (χ4v) is 2.37. The van der Waals surface area contributed by atoms with E-state index in [1.165, 1.54) is 37.8 Å². The van der Waals surface area contributed by atoms with Gasteiger partial charge in [0.25, 0.3) is 0 Å². The van der Waals surface area contributed by atoms with Gasteiger partial charge < -0.3 is 5.73 Å². The highest BCUT2D eigenvalue weighted by Crippen LogP contribution is 2.19. The van der Waals surface area contributed by atoms with Gasteiger partial charge in [-0.05, 0) is 24.5 Å². The predicted molar refractivity (Wildman–Crippen MR) is 84.4 cm³/mol. The molecule has 0 radical (unpaired) electrons. The summed E-state index contributed by atoms with van der Waals surface area (Å²) in [5.41, 5.74) is 10.2. The standard InChI is InChI=1S/C17H25N3/c1-2-3-4-5-6-7-16-12-17(20-19-16)15-10-8-14(13-18)9-11-15/h8-12H,2-7,13,18H2,1H3,(H,19,20). The molecule has 0 aliphatic heterocycles. The Morgan fingerprint density at radius 1 is 1.05 bits per heavy atom. The van der Waals surface area contributed by atoms with Crippen molar-refractivity contribution in [2.45, 2.75) is 52.0 Å². The molecule has 0 aliphatic carbocycles.